The summed E-state index contributed by atoms with van der Waals surface area (Å²) in [5.74, 6) is -4.46. The molecule has 0 aromatic heterocycles. The Kier molecular flexibility index (Phi) is 19.8. The molecule has 2 aliphatic rings. The van der Waals surface area contributed by atoms with Gasteiger partial charge in [0, 0.05) is 50.8 Å². The highest BCUT2D eigenvalue weighted by molar-refractivity contribution is 5.97. The second kappa shape index (κ2) is 24.5. The van der Waals surface area contributed by atoms with E-state index in [1.54, 1.807) is 26.8 Å². The summed E-state index contributed by atoms with van der Waals surface area (Å²) in [6, 6.07) is 13.1. The zero-order valence-electron chi connectivity index (χ0n) is 38.3. The van der Waals surface area contributed by atoms with Crippen LogP contribution in [0.1, 0.15) is 127 Å². The zero-order valence-corrected chi connectivity index (χ0v) is 38.3. The Balaban J connectivity index is 1.61. The van der Waals surface area contributed by atoms with E-state index in [9.17, 15) is 42.3 Å². The van der Waals surface area contributed by atoms with Crippen molar-refractivity contribution < 1.29 is 65.9 Å². The number of likely N-dealkylation sites (N-methyl/N-ethyl adjacent to an activating group) is 1. The molecule has 1 heterocycles. The number of ether oxygens (including phenoxy) is 5. The van der Waals surface area contributed by atoms with Gasteiger partial charge in [-0.25, -0.2) is 9.59 Å². The van der Waals surface area contributed by atoms with Gasteiger partial charge in [0.1, 0.15) is 30.0 Å². The Labute approximate surface area is 380 Å². The van der Waals surface area contributed by atoms with Crippen LogP contribution >= 0.6 is 0 Å². The van der Waals surface area contributed by atoms with Crippen LogP contribution in [0, 0.1) is 0 Å². The molecular formula is C49H65F3N2O11. The summed E-state index contributed by atoms with van der Waals surface area (Å²) in [4.78, 5) is 68.2. The highest BCUT2D eigenvalue weighted by Gasteiger charge is 2.53. The fourth-order valence-corrected chi connectivity index (χ4v) is 7.69. The van der Waals surface area contributed by atoms with E-state index in [-0.39, 0.29) is 36.8 Å². The Morgan fingerprint density at radius 1 is 0.938 bits per heavy atom. The molecule has 1 aliphatic heterocycles. The van der Waals surface area contributed by atoms with E-state index in [0.29, 0.717) is 18.4 Å². The first-order valence-electron chi connectivity index (χ1n) is 22.5. The lowest BCUT2D eigenvalue weighted by Gasteiger charge is -2.34. The molecule has 1 saturated heterocycles. The molecule has 4 rings (SSSR count). The molecule has 0 spiro atoms. The fraction of sp³-hybridized carbons (Fsp3) is 0.571. The molecule has 0 bridgehead atoms. The minimum Gasteiger partial charge on any atom is -0.460 e. The van der Waals surface area contributed by atoms with E-state index in [1.807, 2.05) is 30.3 Å². The van der Waals surface area contributed by atoms with Crippen molar-refractivity contribution >= 4 is 35.8 Å². The average molecular weight is 915 g/mol. The van der Waals surface area contributed by atoms with Crippen LogP contribution in [0.15, 0.2) is 72.3 Å². The molecule has 2 aromatic rings. The van der Waals surface area contributed by atoms with Crippen molar-refractivity contribution in [3.05, 3.63) is 89.0 Å². The molecule has 2 amide bonds. The van der Waals surface area contributed by atoms with E-state index in [1.165, 1.54) is 42.3 Å². The Morgan fingerprint density at radius 2 is 1.58 bits per heavy atom. The molecule has 2 N–H and O–H groups in total. The van der Waals surface area contributed by atoms with Gasteiger partial charge in [0.15, 0.2) is 12.4 Å². The summed E-state index contributed by atoms with van der Waals surface area (Å²) in [5.41, 5.74) is 0.828. The van der Waals surface area contributed by atoms with Crippen LogP contribution in [0.5, 0.6) is 0 Å². The number of rotatable bonds is 23. The number of aliphatic hydroxyl groups is 1. The average Bonchev–Trinajstić information content (AvgIpc) is 3.63. The molecule has 16 heteroatoms. The van der Waals surface area contributed by atoms with Gasteiger partial charge < -0.3 is 39.0 Å². The van der Waals surface area contributed by atoms with Gasteiger partial charge in [-0.1, -0.05) is 82.0 Å². The number of halogens is 3. The number of esters is 3. The zero-order chi connectivity index (χ0) is 47.8. The normalized spacial score (nSPS) is 19.1. The predicted molar refractivity (Wildman–Crippen MR) is 236 cm³/mol. The predicted octanol–water partition coefficient (Wildman–Crippen LogP) is 7.97. The van der Waals surface area contributed by atoms with Crippen molar-refractivity contribution in [2.75, 3.05) is 20.3 Å². The maximum Gasteiger partial charge on any atom is 0.422 e. The third-order valence-electron chi connectivity index (χ3n) is 11.0. The van der Waals surface area contributed by atoms with E-state index < -0.39 is 90.9 Å². The fourth-order valence-electron chi connectivity index (χ4n) is 7.69. The number of benzene rings is 2. The second-order valence-corrected chi connectivity index (χ2v) is 17.6. The highest BCUT2D eigenvalue weighted by Crippen LogP contribution is 2.43. The van der Waals surface area contributed by atoms with Crippen LogP contribution in [0.25, 0.3) is 6.08 Å². The lowest BCUT2D eigenvalue weighted by molar-refractivity contribution is -0.190. The van der Waals surface area contributed by atoms with E-state index in [2.05, 4.69) is 23.9 Å². The molecule has 65 heavy (non-hydrogen) atoms. The standard InChI is InChI=1S/C49H65F3N2O11/c1-7-9-14-26-48(27-15-10-8-2)63-40-30-36(29-39(43(40)65-48)62-46(60)35-21-18-33(19-22-35)20-24-41(56)61-32-49(50,51)52)45(59)54(6)38(28-34-16-12-11-13-17-34)44(58)53-37(31-55)23-25-42(57)64-47(3,4)5/h11-13,16-22,24,30,37-40,43,55H,7-10,14-15,23,25-29,31-32H2,1-6H3,(H,53,58)/t37-,38+,39+,40+,43-/m0/s1. The van der Waals surface area contributed by atoms with E-state index >= 15 is 0 Å². The lowest BCUT2D eigenvalue weighted by atomic mass is 9.90. The van der Waals surface area contributed by atoms with Crippen LogP contribution < -0.4 is 5.32 Å². The number of nitrogens with zero attached hydrogens (tertiary/aromatic N) is 1. The number of carbonyl (C=O) groups is 5. The van der Waals surface area contributed by atoms with Gasteiger partial charge in [-0.3, -0.25) is 14.4 Å². The number of hydrogen-bond donors (Lipinski definition) is 2. The molecule has 2 aromatic carbocycles. The van der Waals surface area contributed by atoms with E-state index in [4.69, 9.17) is 18.9 Å². The number of carbonyl (C=O) groups excluding carboxylic acids is 5. The van der Waals surface area contributed by atoms with Gasteiger partial charge in [-0.2, -0.15) is 13.2 Å². The monoisotopic (exact) mass is 914 g/mol. The van der Waals surface area contributed by atoms with Crippen molar-refractivity contribution in [2.24, 2.45) is 0 Å². The number of aliphatic hydroxyl groups excluding tert-OH is 1. The van der Waals surface area contributed by atoms with Gasteiger partial charge in [-0.05, 0) is 75.4 Å². The minimum atomic E-state index is -4.66. The molecule has 358 valence electrons. The molecule has 0 radical (unpaired) electrons. The maximum atomic E-state index is 14.7. The number of unbranched alkanes of at least 4 members (excludes halogenated alkanes) is 4. The van der Waals surface area contributed by atoms with Gasteiger partial charge >= 0.3 is 24.1 Å². The summed E-state index contributed by atoms with van der Waals surface area (Å²) in [7, 11) is 1.51. The first-order valence-corrected chi connectivity index (χ1v) is 22.5. The molecule has 0 saturated carbocycles. The van der Waals surface area contributed by atoms with Gasteiger partial charge in [0.25, 0.3) is 0 Å². The van der Waals surface area contributed by atoms with Crippen LogP contribution in [0.2, 0.25) is 0 Å². The number of fused-ring (bicyclic) bond motifs is 1. The largest absolute Gasteiger partial charge is 0.460 e. The summed E-state index contributed by atoms with van der Waals surface area (Å²) in [5, 5.41) is 13.0. The topological polar surface area (TPSA) is 167 Å². The van der Waals surface area contributed by atoms with Crippen LogP contribution in [0.3, 0.4) is 0 Å². The third kappa shape index (κ3) is 17.0. The number of hydrogen-bond acceptors (Lipinski definition) is 11. The van der Waals surface area contributed by atoms with Crippen LogP contribution in [-0.4, -0.2) is 108 Å². The third-order valence-corrected chi connectivity index (χ3v) is 11.0. The van der Waals surface area contributed by atoms with Crippen LogP contribution in [0.4, 0.5) is 13.2 Å². The quantitative estimate of drug-likeness (QED) is 0.0481. The van der Waals surface area contributed by atoms with Crippen molar-refractivity contribution in [1.29, 1.82) is 0 Å². The number of amides is 2. The molecule has 1 aliphatic carbocycles. The Bertz CT molecular complexity index is 1940. The van der Waals surface area contributed by atoms with Crippen molar-refractivity contribution in [3.63, 3.8) is 0 Å². The maximum absolute atomic E-state index is 14.7. The number of alkyl halides is 3. The second-order valence-electron chi connectivity index (χ2n) is 17.6. The molecule has 5 atom stereocenters. The van der Waals surface area contributed by atoms with Crippen molar-refractivity contribution in [2.45, 2.75) is 160 Å². The smallest absolute Gasteiger partial charge is 0.422 e. The summed E-state index contributed by atoms with van der Waals surface area (Å²) >= 11 is 0. The Hall–Kier alpha value is -5.06. The first kappa shape index (κ1) is 52.6. The molecule has 13 nitrogen and oxygen atoms in total. The summed E-state index contributed by atoms with van der Waals surface area (Å²) in [6.07, 6.45) is 3.35. The molecule has 0 unspecified atom stereocenters. The first-order chi connectivity index (χ1) is 30.7. The lowest BCUT2D eigenvalue weighted by Crippen LogP contribution is -2.53. The highest BCUT2D eigenvalue weighted by atomic mass is 19.4. The molecule has 1 fully saturated rings. The van der Waals surface area contributed by atoms with Gasteiger partial charge in [0.05, 0.1) is 18.2 Å². The number of nitrogens with one attached hydrogen (secondary N) is 1. The molecular weight excluding hydrogens is 850 g/mol. The van der Waals surface area contributed by atoms with E-state index in [0.717, 1.165) is 50.2 Å². The van der Waals surface area contributed by atoms with Crippen LogP contribution in [-0.2, 0) is 49.3 Å². The minimum absolute atomic E-state index is 0.0527. The van der Waals surface area contributed by atoms with Gasteiger partial charge in [-0.15, -0.1) is 0 Å². The Morgan fingerprint density at radius 3 is 2.17 bits per heavy atom. The van der Waals surface area contributed by atoms with Crippen molar-refractivity contribution in [1.82, 2.24) is 10.2 Å². The summed E-state index contributed by atoms with van der Waals surface area (Å²) < 4.78 is 66.6. The van der Waals surface area contributed by atoms with Gasteiger partial charge in [0.2, 0.25) is 11.8 Å². The SMILES string of the molecule is CCCCCC1(CCCCC)O[C@@H]2[C@@H](C=C(C(=O)N(C)[C@H](Cc3ccccc3)C(=O)N[C@H](CO)CCC(=O)OC(C)(C)C)C[C@H]2OC(=O)c2ccc(C=CC(=O)OCC(F)(F)F)cc2)O1. The van der Waals surface area contributed by atoms with Crippen molar-refractivity contribution in [3.8, 4) is 0 Å². The summed E-state index contributed by atoms with van der Waals surface area (Å²) in [6.45, 7) is 7.26.